The summed E-state index contributed by atoms with van der Waals surface area (Å²) in [5.74, 6) is 1.94. The van der Waals surface area contributed by atoms with Crippen molar-refractivity contribution in [1.29, 1.82) is 0 Å². The van der Waals surface area contributed by atoms with Crippen molar-refractivity contribution in [3.8, 4) is 0 Å². The Hall–Kier alpha value is 0.137. The molecule has 0 unspecified atom stereocenters. The van der Waals surface area contributed by atoms with Gasteiger partial charge in [0.25, 0.3) is 0 Å². The van der Waals surface area contributed by atoms with Crippen molar-refractivity contribution >= 4 is 9.28 Å². The Balaban J connectivity index is 1.90. The maximum atomic E-state index is 5.86. The topological polar surface area (TPSA) is 18.5 Å². The number of rotatable bonds is 7. The highest BCUT2D eigenvalue weighted by Gasteiger charge is 2.47. The zero-order valence-electron chi connectivity index (χ0n) is 9.37. The molecule has 0 spiro atoms. The molecule has 82 valence electrons. The van der Waals surface area contributed by atoms with Gasteiger partial charge in [0, 0.05) is 18.8 Å². The molecule has 2 nitrogen and oxygen atoms in total. The molecule has 0 aromatic rings. The fourth-order valence-corrected chi connectivity index (χ4v) is 5.25. The predicted octanol–water partition coefficient (Wildman–Crippen LogP) is 2.47. The molecule has 14 heavy (non-hydrogen) atoms. The first-order chi connectivity index (χ1) is 6.86. The van der Waals surface area contributed by atoms with E-state index in [0.29, 0.717) is 0 Å². The van der Waals surface area contributed by atoms with Crippen LogP contribution in [0, 0.1) is 11.8 Å². The lowest BCUT2D eigenvalue weighted by Crippen LogP contribution is -2.31. The molecule has 3 heteroatoms. The minimum Gasteiger partial charge on any atom is -0.397 e. The van der Waals surface area contributed by atoms with Crippen LogP contribution in [0.25, 0.3) is 0 Å². The Labute approximate surface area is 88.8 Å². The number of hydrogen-bond acceptors (Lipinski definition) is 2. The zero-order valence-corrected chi connectivity index (χ0v) is 10.5. The van der Waals surface area contributed by atoms with E-state index in [-0.39, 0.29) is 0 Å². The summed E-state index contributed by atoms with van der Waals surface area (Å²) in [6, 6.07) is 0. The van der Waals surface area contributed by atoms with Crippen molar-refractivity contribution in [3.63, 3.8) is 0 Å². The Morgan fingerprint density at radius 2 is 1.43 bits per heavy atom. The van der Waals surface area contributed by atoms with Crippen LogP contribution < -0.4 is 0 Å². The second kappa shape index (κ2) is 4.77. The largest absolute Gasteiger partial charge is 0.397 e. The van der Waals surface area contributed by atoms with Crippen molar-refractivity contribution in [2.45, 2.75) is 45.1 Å². The molecule has 0 N–H and O–H groups in total. The molecule has 0 radical (unpaired) electrons. The first kappa shape index (κ1) is 10.6. The molecule has 2 rings (SSSR count). The van der Waals surface area contributed by atoms with Gasteiger partial charge in [0.15, 0.2) is 0 Å². The summed E-state index contributed by atoms with van der Waals surface area (Å²) in [5, 5.41) is 0. The van der Waals surface area contributed by atoms with Crippen LogP contribution in [0.5, 0.6) is 0 Å². The molecule has 2 fully saturated rings. The van der Waals surface area contributed by atoms with Crippen LogP contribution in [0.1, 0.15) is 39.5 Å². The van der Waals surface area contributed by atoms with Crippen molar-refractivity contribution in [1.82, 2.24) is 0 Å². The minimum atomic E-state index is -1.34. The maximum Gasteiger partial charge on any atom is 0.325 e. The first-order valence-electron chi connectivity index (χ1n) is 6.10. The van der Waals surface area contributed by atoms with Gasteiger partial charge in [-0.3, -0.25) is 0 Å². The van der Waals surface area contributed by atoms with Gasteiger partial charge in [0.2, 0.25) is 0 Å². The quantitative estimate of drug-likeness (QED) is 0.606. The van der Waals surface area contributed by atoms with Crippen LogP contribution in [0.15, 0.2) is 0 Å². The smallest absolute Gasteiger partial charge is 0.325 e. The van der Waals surface area contributed by atoms with Crippen molar-refractivity contribution in [3.05, 3.63) is 0 Å². The summed E-state index contributed by atoms with van der Waals surface area (Å²) in [5.41, 5.74) is 0.842. The third kappa shape index (κ3) is 2.58. The van der Waals surface area contributed by atoms with Crippen molar-refractivity contribution < 1.29 is 8.85 Å². The molecule has 0 aromatic heterocycles. The molecule has 0 saturated heterocycles. The van der Waals surface area contributed by atoms with Crippen molar-refractivity contribution in [2.24, 2.45) is 11.8 Å². The molecular formula is C11H22O2Si. The Bertz CT molecular complexity index is 160. The molecular weight excluding hydrogens is 192 g/mol. The van der Waals surface area contributed by atoms with Gasteiger partial charge in [0.05, 0.1) is 0 Å². The van der Waals surface area contributed by atoms with Gasteiger partial charge >= 0.3 is 9.28 Å². The summed E-state index contributed by atoms with van der Waals surface area (Å²) in [6.07, 6.45) is 5.74. The van der Waals surface area contributed by atoms with Gasteiger partial charge in [0.1, 0.15) is 0 Å². The molecule has 2 aliphatic rings. The average molecular weight is 214 g/mol. The van der Waals surface area contributed by atoms with Crippen LogP contribution in [-0.4, -0.2) is 22.5 Å². The second-order valence-electron chi connectivity index (χ2n) is 4.53. The lowest BCUT2D eigenvalue weighted by atomic mass is 10.2. The van der Waals surface area contributed by atoms with E-state index < -0.39 is 9.28 Å². The van der Waals surface area contributed by atoms with E-state index in [1.807, 2.05) is 0 Å². The average Bonchev–Trinajstić information content (AvgIpc) is 3.00. The summed E-state index contributed by atoms with van der Waals surface area (Å²) < 4.78 is 11.7. The van der Waals surface area contributed by atoms with Crippen LogP contribution in [-0.2, 0) is 8.85 Å². The Kier molecular flexibility index (Phi) is 3.63. The Morgan fingerprint density at radius 3 is 1.71 bits per heavy atom. The van der Waals surface area contributed by atoms with Gasteiger partial charge < -0.3 is 8.85 Å². The third-order valence-corrected chi connectivity index (χ3v) is 6.35. The van der Waals surface area contributed by atoms with Gasteiger partial charge in [-0.05, 0) is 25.7 Å². The third-order valence-electron chi connectivity index (χ3n) is 3.31. The maximum absolute atomic E-state index is 5.86. The van der Waals surface area contributed by atoms with Crippen molar-refractivity contribution in [2.75, 3.05) is 13.2 Å². The highest BCUT2D eigenvalue weighted by Crippen LogP contribution is 2.54. The second-order valence-corrected chi connectivity index (χ2v) is 6.70. The van der Waals surface area contributed by atoms with E-state index in [1.165, 1.54) is 25.7 Å². The van der Waals surface area contributed by atoms with Crippen LogP contribution in [0.3, 0.4) is 0 Å². The van der Waals surface area contributed by atoms with Crippen LogP contribution >= 0.6 is 0 Å². The lowest BCUT2D eigenvalue weighted by Gasteiger charge is -2.24. The van der Waals surface area contributed by atoms with E-state index in [0.717, 1.165) is 30.6 Å². The fraction of sp³-hybridized carbons (Fsp3) is 1.00. The first-order valence-corrected chi connectivity index (χ1v) is 7.71. The fourth-order valence-electron chi connectivity index (χ4n) is 2.39. The summed E-state index contributed by atoms with van der Waals surface area (Å²) >= 11 is 0. The zero-order chi connectivity index (χ0) is 9.97. The minimum absolute atomic E-state index is 0.840. The molecule has 0 aliphatic heterocycles. The molecule has 0 bridgehead atoms. The normalized spacial score (nSPS) is 22.3. The van der Waals surface area contributed by atoms with E-state index >= 15 is 0 Å². The highest BCUT2D eigenvalue weighted by molar-refractivity contribution is 6.46. The number of hydrogen-bond donors (Lipinski definition) is 0. The van der Waals surface area contributed by atoms with Crippen LogP contribution in [0.4, 0.5) is 0 Å². The summed E-state index contributed by atoms with van der Waals surface area (Å²) in [6.45, 7) is 5.87. The molecule has 0 amide bonds. The van der Waals surface area contributed by atoms with E-state index in [2.05, 4.69) is 13.8 Å². The van der Waals surface area contributed by atoms with Gasteiger partial charge in [-0.25, -0.2) is 0 Å². The molecule has 2 aliphatic carbocycles. The van der Waals surface area contributed by atoms with Gasteiger partial charge in [-0.15, -0.1) is 0 Å². The molecule has 2 saturated carbocycles. The highest BCUT2D eigenvalue weighted by atomic mass is 28.3. The summed E-state index contributed by atoms with van der Waals surface area (Å²) in [4.78, 5) is 0. The van der Waals surface area contributed by atoms with Crippen LogP contribution in [0.2, 0.25) is 5.54 Å². The van der Waals surface area contributed by atoms with Gasteiger partial charge in [-0.1, -0.05) is 25.7 Å². The monoisotopic (exact) mass is 214 g/mol. The molecule has 0 aromatic carbocycles. The summed E-state index contributed by atoms with van der Waals surface area (Å²) in [7, 11) is -1.34. The molecule has 0 heterocycles. The standard InChI is InChI=1S/C11H22O2Si/c1-3-12-14(13-4-2)11(9-5-6-9)10-7-8-10/h9-11,14H,3-8H2,1-2H3. The molecule has 0 atom stereocenters. The predicted molar refractivity (Wildman–Crippen MR) is 59.6 cm³/mol. The van der Waals surface area contributed by atoms with E-state index in [4.69, 9.17) is 8.85 Å². The van der Waals surface area contributed by atoms with E-state index in [1.54, 1.807) is 0 Å². The van der Waals surface area contributed by atoms with Gasteiger partial charge in [-0.2, -0.15) is 0 Å². The SMILES string of the molecule is CCO[SiH](OCC)C(C1CC1)C1CC1. The van der Waals surface area contributed by atoms with E-state index in [9.17, 15) is 0 Å². The lowest BCUT2D eigenvalue weighted by molar-refractivity contribution is 0.196. The Morgan fingerprint density at radius 1 is 1.00 bits per heavy atom.